The van der Waals surface area contributed by atoms with Crippen molar-refractivity contribution >= 4 is 16.0 Å². The largest absolute Gasteiger partial charge is 0.478 e. The Balaban J connectivity index is 1.60. The lowest BCUT2D eigenvalue weighted by Crippen LogP contribution is -2.26. The Morgan fingerprint density at radius 3 is 2.25 bits per heavy atom. The lowest BCUT2D eigenvalue weighted by Gasteiger charge is -2.11. The molecule has 3 rings (SSSR count). The van der Waals surface area contributed by atoms with E-state index in [0.29, 0.717) is 24.2 Å². The number of hydrogen-bond donors (Lipinski definition) is 2. The molecule has 0 saturated heterocycles. The van der Waals surface area contributed by atoms with Gasteiger partial charge in [-0.15, -0.1) is 0 Å². The first-order chi connectivity index (χ1) is 15.2. The highest BCUT2D eigenvalue weighted by Crippen LogP contribution is 2.24. The van der Waals surface area contributed by atoms with Gasteiger partial charge in [0.1, 0.15) is 11.5 Å². The first-order valence-corrected chi connectivity index (χ1v) is 11.9. The van der Waals surface area contributed by atoms with Crippen LogP contribution in [0.4, 0.5) is 0 Å². The molecule has 0 saturated carbocycles. The third-order valence-corrected chi connectivity index (χ3v) is 6.80. The van der Waals surface area contributed by atoms with Gasteiger partial charge in [-0.25, -0.2) is 17.9 Å². The summed E-state index contributed by atoms with van der Waals surface area (Å²) in [7, 11) is -3.81. The second-order valence-corrected chi connectivity index (χ2v) is 9.38. The second kappa shape index (κ2) is 9.97. The molecule has 2 N–H and O–H groups in total. The van der Waals surface area contributed by atoms with Crippen LogP contribution in [0.5, 0.6) is 11.5 Å². The van der Waals surface area contributed by atoms with Crippen molar-refractivity contribution in [1.82, 2.24) is 4.72 Å². The normalized spacial score (nSPS) is 11.3. The molecule has 7 heteroatoms. The number of aryl methyl sites for hydroxylation is 3. The molecular weight excluding hydrogens is 426 g/mol. The Hall–Kier alpha value is -3.16. The first-order valence-electron chi connectivity index (χ1n) is 10.4. The fraction of sp³-hybridized carbons (Fsp3) is 0.240. The van der Waals surface area contributed by atoms with Crippen LogP contribution in [0.3, 0.4) is 0 Å². The van der Waals surface area contributed by atoms with Crippen molar-refractivity contribution < 1.29 is 23.1 Å². The number of nitrogens with one attached hydrogen (secondary N) is 1. The Morgan fingerprint density at radius 1 is 0.938 bits per heavy atom. The fourth-order valence-electron chi connectivity index (χ4n) is 3.28. The van der Waals surface area contributed by atoms with E-state index in [0.717, 1.165) is 16.9 Å². The summed E-state index contributed by atoms with van der Waals surface area (Å²) in [4.78, 5) is 11.4. The van der Waals surface area contributed by atoms with Crippen LogP contribution in [-0.4, -0.2) is 26.0 Å². The standard InChI is InChI=1S/C25H27NO5S/c1-4-20-8-12-23(16-24(20)25(27)28)32(29,30)26-14-13-19-6-10-21(11-7-19)31-22-9-5-17(2)18(3)15-22/h5-12,15-16,26H,4,13-14H2,1-3H3,(H,27,28). The van der Waals surface area contributed by atoms with Crippen LogP contribution in [0.15, 0.2) is 65.6 Å². The monoisotopic (exact) mass is 453 g/mol. The molecular formula is C25H27NO5S. The summed E-state index contributed by atoms with van der Waals surface area (Å²) in [6, 6.07) is 17.6. The topological polar surface area (TPSA) is 92.7 Å². The Morgan fingerprint density at radius 2 is 1.62 bits per heavy atom. The van der Waals surface area contributed by atoms with Gasteiger partial charge in [0.2, 0.25) is 10.0 Å². The lowest BCUT2D eigenvalue weighted by atomic mass is 10.1. The zero-order valence-corrected chi connectivity index (χ0v) is 19.2. The number of carboxylic acids is 1. The van der Waals surface area contributed by atoms with Crippen LogP contribution >= 0.6 is 0 Å². The zero-order chi connectivity index (χ0) is 23.3. The van der Waals surface area contributed by atoms with Gasteiger partial charge in [0.05, 0.1) is 10.5 Å². The number of sulfonamides is 1. The highest BCUT2D eigenvalue weighted by atomic mass is 32.2. The van der Waals surface area contributed by atoms with Crippen LogP contribution in [0.1, 0.15) is 39.5 Å². The quantitative estimate of drug-likeness (QED) is 0.482. The molecule has 0 aliphatic carbocycles. The Labute approximate surface area is 188 Å². The summed E-state index contributed by atoms with van der Waals surface area (Å²) in [5, 5.41) is 9.33. The highest BCUT2D eigenvalue weighted by molar-refractivity contribution is 7.89. The van der Waals surface area contributed by atoms with E-state index in [1.165, 1.54) is 17.7 Å². The lowest BCUT2D eigenvalue weighted by molar-refractivity contribution is 0.0695. The number of carbonyl (C=O) groups is 1. The third-order valence-electron chi connectivity index (χ3n) is 5.35. The SMILES string of the molecule is CCc1ccc(S(=O)(=O)NCCc2ccc(Oc3ccc(C)c(C)c3)cc2)cc1C(=O)O. The molecule has 0 spiro atoms. The average molecular weight is 454 g/mol. The van der Waals surface area contributed by atoms with E-state index >= 15 is 0 Å². The maximum atomic E-state index is 12.6. The Kier molecular flexibility index (Phi) is 7.33. The van der Waals surface area contributed by atoms with E-state index in [2.05, 4.69) is 4.72 Å². The van der Waals surface area contributed by atoms with Gasteiger partial charge in [-0.3, -0.25) is 0 Å². The van der Waals surface area contributed by atoms with E-state index in [1.807, 2.05) is 63.2 Å². The van der Waals surface area contributed by atoms with E-state index in [-0.39, 0.29) is 17.0 Å². The van der Waals surface area contributed by atoms with Crippen molar-refractivity contribution in [2.24, 2.45) is 0 Å². The predicted octanol–water partition coefficient (Wildman–Crippen LogP) is 4.88. The molecule has 168 valence electrons. The maximum Gasteiger partial charge on any atom is 0.336 e. The van der Waals surface area contributed by atoms with Gasteiger partial charge in [0.15, 0.2) is 0 Å². The number of benzene rings is 3. The van der Waals surface area contributed by atoms with Crippen LogP contribution < -0.4 is 9.46 Å². The molecule has 0 bridgehead atoms. The number of aromatic carboxylic acids is 1. The maximum absolute atomic E-state index is 12.6. The van der Waals surface area contributed by atoms with Crippen molar-refractivity contribution in [2.45, 2.75) is 38.5 Å². The van der Waals surface area contributed by atoms with Crippen molar-refractivity contribution in [3.8, 4) is 11.5 Å². The molecule has 0 heterocycles. The minimum atomic E-state index is -3.81. The summed E-state index contributed by atoms with van der Waals surface area (Å²) in [5.74, 6) is 0.334. The second-order valence-electron chi connectivity index (χ2n) is 7.62. The molecule has 0 radical (unpaired) electrons. The van der Waals surface area contributed by atoms with E-state index in [1.54, 1.807) is 6.07 Å². The van der Waals surface area contributed by atoms with Crippen molar-refractivity contribution in [3.63, 3.8) is 0 Å². The predicted molar refractivity (Wildman–Crippen MR) is 124 cm³/mol. The summed E-state index contributed by atoms with van der Waals surface area (Å²) >= 11 is 0. The van der Waals surface area contributed by atoms with E-state index in [4.69, 9.17) is 4.74 Å². The van der Waals surface area contributed by atoms with Crippen molar-refractivity contribution in [2.75, 3.05) is 6.54 Å². The van der Waals surface area contributed by atoms with Crippen molar-refractivity contribution in [1.29, 1.82) is 0 Å². The highest BCUT2D eigenvalue weighted by Gasteiger charge is 2.18. The van der Waals surface area contributed by atoms with Gasteiger partial charge in [0, 0.05) is 6.54 Å². The molecule has 0 aliphatic heterocycles. The molecule has 0 amide bonds. The first kappa shape index (κ1) is 23.5. The minimum Gasteiger partial charge on any atom is -0.478 e. The molecule has 0 aliphatic rings. The molecule has 3 aromatic carbocycles. The number of rotatable bonds is 9. The zero-order valence-electron chi connectivity index (χ0n) is 18.4. The molecule has 32 heavy (non-hydrogen) atoms. The number of hydrogen-bond acceptors (Lipinski definition) is 4. The molecule has 0 atom stereocenters. The summed E-state index contributed by atoms with van der Waals surface area (Å²) in [6.45, 7) is 6.10. The third kappa shape index (κ3) is 5.75. The minimum absolute atomic E-state index is 0.00901. The Bertz CT molecular complexity index is 1220. The number of ether oxygens (including phenoxy) is 1. The molecule has 0 fully saturated rings. The van der Waals surface area contributed by atoms with E-state index < -0.39 is 16.0 Å². The number of carboxylic acid groups (broad SMARTS) is 1. The van der Waals surface area contributed by atoms with Gasteiger partial charge in [-0.1, -0.05) is 31.2 Å². The van der Waals surface area contributed by atoms with Gasteiger partial charge >= 0.3 is 5.97 Å². The smallest absolute Gasteiger partial charge is 0.336 e. The molecule has 3 aromatic rings. The van der Waals surface area contributed by atoms with E-state index in [9.17, 15) is 18.3 Å². The van der Waals surface area contributed by atoms with Crippen LogP contribution in [-0.2, 0) is 22.9 Å². The molecule has 0 aromatic heterocycles. The van der Waals surface area contributed by atoms with Crippen molar-refractivity contribution in [3.05, 3.63) is 88.5 Å². The average Bonchev–Trinajstić information content (AvgIpc) is 2.77. The van der Waals surface area contributed by atoms with Gasteiger partial charge in [-0.05, 0) is 85.3 Å². The van der Waals surface area contributed by atoms with Gasteiger partial charge in [0.25, 0.3) is 0 Å². The summed E-state index contributed by atoms with van der Waals surface area (Å²) < 4.78 is 33.6. The van der Waals surface area contributed by atoms with Gasteiger partial charge in [-0.2, -0.15) is 0 Å². The van der Waals surface area contributed by atoms with Crippen LogP contribution in [0.2, 0.25) is 0 Å². The van der Waals surface area contributed by atoms with Gasteiger partial charge < -0.3 is 9.84 Å². The summed E-state index contributed by atoms with van der Waals surface area (Å²) in [6.07, 6.45) is 1.00. The van der Waals surface area contributed by atoms with Crippen LogP contribution in [0.25, 0.3) is 0 Å². The van der Waals surface area contributed by atoms with Crippen LogP contribution in [0, 0.1) is 13.8 Å². The fourth-order valence-corrected chi connectivity index (χ4v) is 4.34. The molecule has 0 unspecified atom stereocenters. The molecule has 6 nitrogen and oxygen atoms in total. The summed E-state index contributed by atoms with van der Waals surface area (Å²) in [5.41, 5.74) is 3.92.